The Kier molecular flexibility index (Phi) is 3.77. The number of nitrogens with one attached hydrogen (secondary N) is 1. The van der Waals surface area contributed by atoms with Crippen molar-refractivity contribution in [3.05, 3.63) is 59.2 Å². The van der Waals surface area contributed by atoms with Gasteiger partial charge in [-0.05, 0) is 30.3 Å². The number of hydrogen-bond donors (Lipinski definition) is 1. The van der Waals surface area contributed by atoms with E-state index < -0.39 is 0 Å². The van der Waals surface area contributed by atoms with Crippen molar-refractivity contribution >= 4 is 34.1 Å². The first kappa shape index (κ1) is 14.1. The largest absolute Gasteiger partial charge is 0.324 e. The summed E-state index contributed by atoms with van der Waals surface area (Å²) in [5.41, 5.74) is 1.67. The molecule has 0 atom stereocenters. The maximum absolute atomic E-state index is 12.1. The number of anilines is 1. The van der Waals surface area contributed by atoms with Gasteiger partial charge in [-0.15, -0.1) is 0 Å². The smallest absolute Gasteiger partial charge is 0.246 e. The average Bonchev–Trinajstić information content (AvgIpc) is 2.85. The zero-order valence-electron chi connectivity index (χ0n) is 11.5. The number of nitrogens with zero attached hydrogens (tertiary/aromatic N) is 3. The molecule has 0 spiro atoms. The summed E-state index contributed by atoms with van der Waals surface area (Å²) in [7, 11) is 0. The van der Waals surface area contributed by atoms with Gasteiger partial charge in [0.2, 0.25) is 5.91 Å². The molecule has 3 rings (SSSR count). The highest BCUT2D eigenvalue weighted by molar-refractivity contribution is 6.31. The molecule has 0 bridgehead atoms. The average molecular weight is 311 g/mol. The molecule has 3 aromatic rings. The third-order valence-corrected chi connectivity index (χ3v) is 3.40. The van der Waals surface area contributed by atoms with Gasteiger partial charge in [-0.3, -0.25) is 9.48 Å². The van der Waals surface area contributed by atoms with Gasteiger partial charge in [0.05, 0.1) is 5.52 Å². The summed E-state index contributed by atoms with van der Waals surface area (Å²) < 4.78 is 1.50. The highest BCUT2D eigenvalue weighted by Gasteiger charge is 2.13. The molecule has 0 aliphatic heterocycles. The molecule has 108 valence electrons. The van der Waals surface area contributed by atoms with E-state index in [-0.39, 0.29) is 18.1 Å². The molecule has 0 unspecified atom stereocenters. The predicted octanol–water partition coefficient (Wildman–Crippen LogP) is 3.20. The first-order valence-corrected chi connectivity index (χ1v) is 6.96. The summed E-state index contributed by atoms with van der Waals surface area (Å²) in [6, 6.07) is 16.3. The molecule has 0 aliphatic carbocycles. The lowest BCUT2D eigenvalue weighted by Gasteiger charge is -2.06. The van der Waals surface area contributed by atoms with Crippen molar-refractivity contribution in [1.82, 2.24) is 9.78 Å². The lowest BCUT2D eigenvalue weighted by atomic mass is 10.2. The standard InChI is InChI=1S/C16H11ClN4O/c17-11-6-7-15-13(8-11)14(9-18)20-21(15)10-16(22)19-12-4-2-1-3-5-12/h1-8H,10H2,(H,19,22). The van der Waals surface area contributed by atoms with Crippen LogP contribution in [0.1, 0.15) is 5.69 Å². The second kappa shape index (κ2) is 5.88. The lowest BCUT2D eigenvalue weighted by molar-refractivity contribution is -0.116. The monoisotopic (exact) mass is 310 g/mol. The van der Waals surface area contributed by atoms with Gasteiger partial charge in [0, 0.05) is 16.1 Å². The second-order valence-corrected chi connectivity index (χ2v) is 5.13. The summed E-state index contributed by atoms with van der Waals surface area (Å²) in [5.74, 6) is -0.213. The minimum absolute atomic E-state index is 0.0225. The molecular formula is C16H11ClN4O. The number of amides is 1. The molecule has 6 heteroatoms. The zero-order chi connectivity index (χ0) is 15.5. The topological polar surface area (TPSA) is 70.7 Å². The van der Waals surface area contributed by atoms with E-state index in [0.717, 1.165) is 0 Å². The van der Waals surface area contributed by atoms with E-state index in [1.807, 2.05) is 24.3 Å². The van der Waals surface area contributed by atoms with Crippen LogP contribution in [-0.2, 0) is 11.3 Å². The van der Waals surface area contributed by atoms with Crippen LogP contribution in [-0.4, -0.2) is 15.7 Å². The Morgan fingerprint density at radius 3 is 2.77 bits per heavy atom. The first-order valence-electron chi connectivity index (χ1n) is 6.58. The first-order chi connectivity index (χ1) is 10.7. The fraction of sp³-hybridized carbons (Fsp3) is 0.0625. The molecular weight excluding hydrogens is 300 g/mol. The van der Waals surface area contributed by atoms with E-state index in [4.69, 9.17) is 16.9 Å². The van der Waals surface area contributed by atoms with E-state index in [9.17, 15) is 4.79 Å². The Labute approximate surface area is 131 Å². The Bertz CT molecular complexity index is 880. The highest BCUT2D eigenvalue weighted by atomic mass is 35.5. The molecule has 0 fully saturated rings. The molecule has 1 N–H and O–H groups in total. The highest BCUT2D eigenvalue weighted by Crippen LogP contribution is 2.22. The van der Waals surface area contributed by atoms with Crippen molar-refractivity contribution in [3.63, 3.8) is 0 Å². The maximum Gasteiger partial charge on any atom is 0.246 e. The van der Waals surface area contributed by atoms with Gasteiger partial charge in [0.25, 0.3) is 0 Å². The number of hydrogen-bond acceptors (Lipinski definition) is 3. The molecule has 0 saturated heterocycles. The molecule has 22 heavy (non-hydrogen) atoms. The number of carbonyl (C=O) groups is 1. The fourth-order valence-corrected chi connectivity index (χ4v) is 2.38. The maximum atomic E-state index is 12.1. The van der Waals surface area contributed by atoms with E-state index in [2.05, 4.69) is 10.4 Å². The minimum Gasteiger partial charge on any atom is -0.324 e. The van der Waals surface area contributed by atoms with Gasteiger partial charge in [0.15, 0.2) is 5.69 Å². The van der Waals surface area contributed by atoms with Crippen molar-refractivity contribution in [2.75, 3.05) is 5.32 Å². The molecule has 0 aliphatic rings. The quantitative estimate of drug-likeness (QED) is 0.807. The number of fused-ring (bicyclic) bond motifs is 1. The van der Waals surface area contributed by atoms with Gasteiger partial charge in [-0.25, -0.2) is 0 Å². The van der Waals surface area contributed by atoms with Crippen LogP contribution in [0.25, 0.3) is 10.9 Å². The summed E-state index contributed by atoms with van der Waals surface area (Å²) >= 11 is 5.94. The minimum atomic E-state index is -0.213. The number of nitriles is 1. The van der Waals surface area contributed by atoms with Crippen molar-refractivity contribution in [2.45, 2.75) is 6.54 Å². The number of rotatable bonds is 3. The van der Waals surface area contributed by atoms with Crippen molar-refractivity contribution in [2.24, 2.45) is 0 Å². The zero-order valence-corrected chi connectivity index (χ0v) is 12.2. The van der Waals surface area contributed by atoms with Crippen LogP contribution in [0.5, 0.6) is 0 Å². The number of carbonyl (C=O) groups excluding carboxylic acids is 1. The van der Waals surface area contributed by atoms with E-state index in [0.29, 0.717) is 21.6 Å². The molecule has 0 radical (unpaired) electrons. The van der Waals surface area contributed by atoms with Gasteiger partial charge in [0.1, 0.15) is 12.6 Å². The SMILES string of the molecule is N#Cc1nn(CC(=O)Nc2ccccc2)c2ccc(Cl)cc12. The number of halogens is 1. The van der Waals surface area contributed by atoms with Gasteiger partial charge in [-0.1, -0.05) is 29.8 Å². The van der Waals surface area contributed by atoms with Crippen LogP contribution in [0.3, 0.4) is 0 Å². The third kappa shape index (κ3) is 2.78. The molecule has 1 aromatic heterocycles. The van der Waals surface area contributed by atoms with Gasteiger partial charge in [-0.2, -0.15) is 10.4 Å². The number of para-hydroxylation sites is 1. The van der Waals surface area contributed by atoms with Crippen LogP contribution in [0.15, 0.2) is 48.5 Å². The van der Waals surface area contributed by atoms with E-state index in [1.54, 1.807) is 30.3 Å². The molecule has 1 heterocycles. The fourth-order valence-electron chi connectivity index (χ4n) is 2.21. The summed E-state index contributed by atoms with van der Waals surface area (Å²) in [5, 5.41) is 17.3. The van der Waals surface area contributed by atoms with Crippen LogP contribution < -0.4 is 5.32 Å². The van der Waals surface area contributed by atoms with Crippen LogP contribution >= 0.6 is 11.6 Å². The van der Waals surface area contributed by atoms with Crippen LogP contribution in [0.4, 0.5) is 5.69 Å². The Morgan fingerprint density at radius 2 is 2.05 bits per heavy atom. The Morgan fingerprint density at radius 1 is 1.27 bits per heavy atom. The number of benzene rings is 2. The number of aromatic nitrogens is 2. The molecule has 2 aromatic carbocycles. The summed E-state index contributed by atoms with van der Waals surface area (Å²) in [6.45, 7) is 0.0225. The Balaban J connectivity index is 1.88. The van der Waals surface area contributed by atoms with Crippen molar-refractivity contribution < 1.29 is 4.79 Å². The van der Waals surface area contributed by atoms with Gasteiger partial charge < -0.3 is 5.32 Å². The normalized spacial score (nSPS) is 10.4. The Hall–Kier alpha value is -2.84. The molecule has 1 amide bonds. The molecule has 5 nitrogen and oxygen atoms in total. The van der Waals surface area contributed by atoms with Gasteiger partial charge >= 0.3 is 0 Å². The lowest BCUT2D eigenvalue weighted by Crippen LogP contribution is -2.19. The van der Waals surface area contributed by atoms with Crippen molar-refractivity contribution in [1.29, 1.82) is 5.26 Å². The van der Waals surface area contributed by atoms with E-state index in [1.165, 1.54) is 4.68 Å². The summed E-state index contributed by atoms with van der Waals surface area (Å²) in [6.07, 6.45) is 0. The summed E-state index contributed by atoms with van der Waals surface area (Å²) in [4.78, 5) is 12.1. The molecule has 0 saturated carbocycles. The predicted molar refractivity (Wildman–Crippen MR) is 84.5 cm³/mol. The third-order valence-electron chi connectivity index (χ3n) is 3.17. The van der Waals surface area contributed by atoms with Crippen LogP contribution in [0.2, 0.25) is 5.02 Å². The second-order valence-electron chi connectivity index (χ2n) is 4.69. The van der Waals surface area contributed by atoms with Crippen molar-refractivity contribution in [3.8, 4) is 6.07 Å². The van der Waals surface area contributed by atoms with Crippen LogP contribution in [0, 0.1) is 11.3 Å². The van der Waals surface area contributed by atoms with E-state index >= 15 is 0 Å².